The van der Waals surface area contributed by atoms with Crippen LogP contribution in [0.5, 0.6) is 5.75 Å². The van der Waals surface area contributed by atoms with E-state index in [1.165, 1.54) is 0 Å². The highest BCUT2D eigenvalue weighted by Crippen LogP contribution is 2.14. The van der Waals surface area contributed by atoms with E-state index in [2.05, 4.69) is 0 Å². The number of benzene rings is 1. The van der Waals surface area contributed by atoms with E-state index in [0.717, 1.165) is 0 Å². The molecule has 0 unspecified atom stereocenters. The van der Waals surface area contributed by atoms with E-state index in [9.17, 15) is 9.59 Å². The first-order valence-corrected chi connectivity index (χ1v) is 7.58. The molecule has 0 bridgehead atoms. The van der Waals surface area contributed by atoms with Crippen LogP contribution in [0, 0.1) is 0 Å². The fourth-order valence-corrected chi connectivity index (χ4v) is 2.29. The van der Waals surface area contributed by atoms with Gasteiger partial charge in [0.1, 0.15) is 5.75 Å². The largest absolute Gasteiger partial charge is 0.484 e. The summed E-state index contributed by atoms with van der Waals surface area (Å²) in [5, 5.41) is 0. The van der Waals surface area contributed by atoms with E-state index in [-0.39, 0.29) is 30.6 Å². The molecule has 0 spiro atoms. The Morgan fingerprint density at radius 3 is 2.05 bits per heavy atom. The minimum Gasteiger partial charge on any atom is -0.484 e. The van der Waals surface area contributed by atoms with Crippen molar-refractivity contribution < 1.29 is 19.1 Å². The molecule has 0 saturated heterocycles. The molecule has 0 atom stereocenters. The smallest absolute Gasteiger partial charge is 0.338 e. The van der Waals surface area contributed by atoms with Gasteiger partial charge >= 0.3 is 5.97 Å². The number of amides is 1. The predicted octanol–water partition coefficient (Wildman–Crippen LogP) is 2.89. The molecule has 0 N–H and O–H groups in total. The van der Waals surface area contributed by atoms with Crippen molar-refractivity contribution in [2.75, 3.05) is 13.2 Å². The lowest BCUT2D eigenvalue weighted by Gasteiger charge is -2.30. The highest BCUT2D eigenvalue weighted by atomic mass is 16.5. The number of esters is 1. The lowest BCUT2D eigenvalue weighted by molar-refractivity contribution is -0.136. The van der Waals surface area contributed by atoms with E-state index >= 15 is 0 Å². The van der Waals surface area contributed by atoms with Gasteiger partial charge in [-0.15, -0.1) is 0 Å². The summed E-state index contributed by atoms with van der Waals surface area (Å²) >= 11 is 0. The molecular formula is C17H25NO4. The lowest BCUT2D eigenvalue weighted by atomic mass is 10.2. The third kappa shape index (κ3) is 5.06. The number of ether oxygens (including phenoxy) is 2. The van der Waals surface area contributed by atoms with Gasteiger partial charge in [-0.05, 0) is 58.9 Å². The molecule has 0 aliphatic carbocycles. The van der Waals surface area contributed by atoms with Gasteiger partial charge in [0.05, 0.1) is 12.2 Å². The van der Waals surface area contributed by atoms with Gasteiger partial charge in [-0.2, -0.15) is 0 Å². The summed E-state index contributed by atoms with van der Waals surface area (Å²) in [6.45, 7) is 9.99. The number of hydrogen-bond donors (Lipinski definition) is 0. The third-order valence-corrected chi connectivity index (χ3v) is 3.13. The first-order valence-electron chi connectivity index (χ1n) is 7.58. The van der Waals surface area contributed by atoms with Crippen molar-refractivity contribution in [1.82, 2.24) is 4.90 Å². The third-order valence-electron chi connectivity index (χ3n) is 3.13. The number of hydrogen-bond acceptors (Lipinski definition) is 4. The topological polar surface area (TPSA) is 55.8 Å². The minimum absolute atomic E-state index is 0.0187. The van der Waals surface area contributed by atoms with Crippen molar-refractivity contribution in [3.8, 4) is 5.75 Å². The van der Waals surface area contributed by atoms with Crippen LogP contribution in [0.2, 0.25) is 0 Å². The summed E-state index contributed by atoms with van der Waals surface area (Å²) < 4.78 is 10.4. The first-order chi connectivity index (χ1) is 10.4. The normalized spacial score (nSPS) is 10.7. The molecule has 0 saturated carbocycles. The molecule has 0 fully saturated rings. The maximum Gasteiger partial charge on any atom is 0.338 e. The molecular weight excluding hydrogens is 282 g/mol. The fourth-order valence-electron chi connectivity index (χ4n) is 2.29. The van der Waals surface area contributed by atoms with Crippen molar-refractivity contribution in [2.24, 2.45) is 0 Å². The van der Waals surface area contributed by atoms with E-state index in [1.807, 2.05) is 27.7 Å². The van der Waals surface area contributed by atoms with Crippen LogP contribution in [0.15, 0.2) is 24.3 Å². The van der Waals surface area contributed by atoms with Crippen molar-refractivity contribution >= 4 is 11.9 Å². The van der Waals surface area contributed by atoms with Gasteiger partial charge in [0.15, 0.2) is 6.61 Å². The summed E-state index contributed by atoms with van der Waals surface area (Å²) in [5.41, 5.74) is 0.464. The van der Waals surface area contributed by atoms with Crippen LogP contribution in [0.4, 0.5) is 0 Å². The SMILES string of the molecule is CCOC(=O)c1ccc(OCC(=O)N(C(C)C)C(C)C)cc1. The Morgan fingerprint density at radius 1 is 1.05 bits per heavy atom. The second kappa shape index (κ2) is 8.41. The number of carbonyl (C=O) groups excluding carboxylic acids is 2. The molecule has 5 heteroatoms. The van der Waals surface area contributed by atoms with Crippen LogP contribution >= 0.6 is 0 Å². The molecule has 0 aromatic heterocycles. The van der Waals surface area contributed by atoms with Crippen LogP contribution in [-0.2, 0) is 9.53 Å². The number of carbonyl (C=O) groups is 2. The number of nitrogens with zero attached hydrogens (tertiary/aromatic N) is 1. The molecule has 122 valence electrons. The van der Waals surface area contributed by atoms with Gasteiger partial charge in [0.2, 0.25) is 0 Å². The Bertz CT molecular complexity index is 486. The zero-order valence-electron chi connectivity index (χ0n) is 14.0. The van der Waals surface area contributed by atoms with Crippen molar-refractivity contribution in [1.29, 1.82) is 0 Å². The van der Waals surface area contributed by atoms with E-state index in [1.54, 1.807) is 36.1 Å². The Hall–Kier alpha value is -2.04. The Labute approximate surface area is 132 Å². The second-order valence-corrected chi connectivity index (χ2v) is 5.52. The van der Waals surface area contributed by atoms with Gasteiger partial charge in [-0.1, -0.05) is 0 Å². The Balaban J connectivity index is 2.61. The first kappa shape index (κ1) is 18.0. The molecule has 1 aromatic carbocycles. The van der Waals surface area contributed by atoms with Gasteiger partial charge in [0.25, 0.3) is 5.91 Å². The van der Waals surface area contributed by atoms with Crippen LogP contribution in [0.3, 0.4) is 0 Å². The Kier molecular flexibility index (Phi) is 6.89. The monoisotopic (exact) mass is 307 g/mol. The molecule has 22 heavy (non-hydrogen) atoms. The molecule has 0 aliphatic heterocycles. The quantitative estimate of drug-likeness (QED) is 0.727. The Morgan fingerprint density at radius 2 is 1.59 bits per heavy atom. The fraction of sp³-hybridized carbons (Fsp3) is 0.529. The van der Waals surface area contributed by atoms with Crippen LogP contribution in [-0.4, -0.2) is 42.1 Å². The van der Waals surface area contributed by atoms with Crippen molar-refractivity contribution in [2.45, 2.75) is 46.7 Å². The number of rotatable bonds is 7. The molecule has 5 nitrogen and oxygen atoms in total. The maximum atomic E-state index is 12.2. The average molecular weight is 307 g/mol. The molecule has 0 radical (unpaired) electrons. The molecule has 1 rings (SSSR count). The van der Waals surface area contributed by atoms with Crippen molar-refractivity contribution in [3.63, 3.8) is 0 Å². The summed E-state index contributed by atoms with van der Waals surface area (Å²) in [6.07, 6.45) is 0. The highest BCUT2D eigenvalue weighted by Gasteiger charge is 2.20. The summed E-state index contributed by atoms with van der Waals surface area (Å²) in [5.74, 6) is 0.129. The highest BCUT2D eigenvalue weighted by molar-refractivity contribution is 5.89. The van der Waals surface area contributed by atoms with E-state index in [0.29, 0.717) is 17.9 Å². The molecule has 0 heterocycles. The van der Waals surface area contributed by atoms with Gasteiger partial charge in [0, 0.05) is 12.1 Å². The zero-order chi connectivity index (χ0) is 16.7. The summed E-state index contributed by atoms with van der Waals surface area (Å²) in [6, 6.07) is 6.83. The summed E-state index contributed by atoms with van der Waals surface area (Å²) in [4.78, 5) is 25.5. The zero-order valence-corrected chi connectivity index (χ0v) is 14.0. The van der Waals surface area contributed by atoms with Crippen LogP contribution in [0.25, 0.3) is 0 Å². The standard InChI is InChI=1S/C17H25NO4/c1-6-21-17(20)14-7-9-15(10-8-14)22-11-16(19)18(12(2)3)13(4)5/h7-10,12-13H,6,11H2,1-5H3. The molecule has 0 aliphatic rings. The van der Waals surface area contributed by atoms with Crippen molar-refractivity contribution in [3.05, 3.63) is 29.8 Å². The van der Waals surface area contributed by atoms with E-state index < -0.39 is 0 Å². The lowest BCUT2D eigenvalue weighted by Crippen LogP contribution is -2.44. The average Bonchev–Trinajstić information content (AvgIpc) is 2.45. The van der Waals surface area contributed by atoms with E-state index in [4.69, 9.17) is 9.47 Å². The maximum absolute atomic E-state index is 12.2. The van der Waals surface area contributed by atoms with Gasteiger partial charge in [-0.25, -0.2) is 4.79 Å². The minimum atomic E-state index is -0.365. The second-order valence-electron chi connectivity index (χ2n) is 5.52. The summed E-state index contributed by atoms with van der Waals surface area (Å²) in [7, 11) is 0. The van der Waals surface area contributed by atoms with Gasteiger partial charge in [-0.3, -0.25) is 4.79 Å². The predicted molar refractivity (Wildman–Crippen MR) is 85.0 cm³/mol. The van der Waals surface area contributed by atoms with Crippen LogP contribution < -0.4 is 4.74 Å². The van der Waals surface area contributed by atoms with Crippen LogP contribution in [0.1, 0.15) is 45.0 Å². The van der Waals surface area contributed by atoms with Gasteiger partial charge < -0.3 is 14.4 Å². The molecule has 1 aromatic rings. The molecule has 1 amide bonds.